The van der Waals surface area contributed by atoms with Crippen LogP contribution in [0.4, 0.5) is 0 Å². The van der Waals surface area contributed by atoms with Crippen molar-refractivity contribution in [1.82, 2.24) is 20.3 Å². The van der Waals surface area contributed by atoms with Crippen LogP contribution in [0.5, 0.6) is 0 Å². The maximum absolute atomic E-state index is 13.3. The van der Waals surface area contributed by atoms with Crippen LogP contribution in [-0.4, -0.2) is 137 Å². The predicted octanol–water partition coefficient (Wildman–Crippen LogP) is -1.33. The third-order valence-electron chi connectivity index (χ3n) is 7.69. The fourth-order valence-corrected chi connectivity index (χ4v) is 5.79. The Labute approximate surface area is 319 Å². The summed E-state index contributed by atoms with van der Waals surface area (Å²) in [6, 6.07) is 0. The maximum atomic E-state index is 13.3. The zero-order valence-corrected chi connectivity index (χ0v) is 31.8. The van der Waals surface area contributed by atoms with E-state index in [0.29, 0.717) is 0 Å². The van der Waals surface area contributed by atoms with Crippen LogP contribution in [0.15, 0.2) is 6.20 Å². The third-order valence-corrected chi connectivity index (χ3v) is 7.69. The lowest BCUT2D eigenvalue weighted by atomic mass is 9.97. The Bertz CT molecular complexity index is 1650. The van der Waals surface area contributed by atoms with Gasteiger partial charge in [0.15, 0.2) is 49.1 Å². The maximum Gasteiger partial charge on any atom is 0.303 e. The van der Waals surface area contributed by atoms with Crippen molar-refractivity contribution in [1.29, 1.82) is 0 Å². The second-order valence-electron chi connectivity index (χ2n) is 12.5. The van der Waals surface area contributed by atoms with Crippen LogP contribution in [0.1, 0.15) is 73.7 Å². The van der Waals surface area contributed by atoms with Crippen LogP contribution in [0.2, 0.25) is 0 Å². The summed E-state index contributed by atoms with van der Waals surface area (Å²) in [6.45, 7) is 7.64. The van der Waals surface area contributed by atoms with Gasteiger partial charge < -0.3 is 52.7 Å². The summed E-state index contributed by atoms with van der Waals surface area (Å²) in [6.07, 6.45) is -13.4. The van der Waals surface area contributed by atoms with E-state index in [2.05, 4.69) is 15.6 Å². The number of hydrogen-bond donors (Lipinski definition) is 1. The first-order valence-electron chi connectivity index (χ1n) is 17.1. The van der Waals surface area contributed by atoms with Gasteiger partial charge in [0.2, 0.25) is 5.91 Å². The van der Waals surface area contributed by atoms with Crippen molar-refractivity contribution < 1.29 is 90.5 Å². The molecular formula is C33H44N4O19. The summed E-state index contributed by atoms with van der Waals surface area (Å²) in [5.41, 5.74) is 0.176. The lowest BCUT2D eigenvalue weighted by Crippen LogP contribution is -2.66. The second kappa shape index (κ2) is 20.3. The largest absolute Gasteiger partial charge is 0.463 e. The molecule has 0 unspecified atom stereocenters. The highest BCUT2D eigenvalue weighted by Gasteiger charge is 2.54. The Hall–Kier alpha value is -5.71. The molecule has 310 valence electrons. The summed E-state index contributed by atoms with van der Waals surface area (Å²) in [7, 11) is 0. The first-order valence-corrected chi connectivity index (χ1v) is 17.1. The minimum Gasteiger partial charge on any atom is -0.463 e. The number of nitrogens with zero attached hydrogens (tertiary/aromatic N) is 3. The minimum atomic E-state index is -1.54. The molecular weight excluding hydrogens is 756 g/mol. The molecule has 23 heteroatoms. The number of esters is 8. The van der Waals surface area contributed by atoms with Gasteiger partial charge in [-0.2, -0.15) is 0 Å². The summed E-state index contributed by atoms with van der Waals surface area (Å²) in [5.74, 6) is -7.18. The topological polar surface area (TPSA) is 289 Å². The van der Waals surface area contributed by atoms with Gasteiger partial charge in [-0.25, -0.2) is 4.68 Å². The van der Waals surface area contributed by atoms with Gasteiger partial charge in [0.1, 0.15) is 25.4 Å². The summed E-state index contributed by atoms with van der Waals surface area (Å²) in [4.78, 5) is 109. The quantitative estimate of drug-likeness (QED) is 0.159. The van der Waals surface area contributed by atoms with Crippen molar-refractivity contribution in [3.63, 3.8) is 0 Å². The number of carbonyl (C=O) groups excluding carboxylic acids is 9. The Morgan fingerprint density at radius 1 is 0.571 bits per heavy atom. The van der Waals surface area contributed by atoms with Crippen LogP contribution in [0, 0.1) is 0 Å². The van der Waals surface area contributed by atoms with Crippen molar-refractivity contribution in [2.75, 3.05) is 13.2 Å². The predicted molar refractivity (Wildman–Crippen MR) is 176 cm³/mol. The third kappa shape index (κ3) is 13.2. The monoisotopic (exact) mass is 800 g/mol. The standard InChI is InChI=1S/C33H44N4O19/c1-14(38)47-12-23-26(49-16(3)40)28(51-18(5)42)30(53-20(7)44)32(55-23)34-25(46)10-9-22-11-37(36-35-22)33-31(54-21(8)45)29(52-19(6)43)27(50-17(4)41)24(56-33)13-48-15(2)39/h11,23-24,26-33H,9-10,12-13H2,1-8H3,(H,34,46)/t23-,24-,26-,27-,28+,29+,30-,31-,32-,33-/m1/s1. The molecule has 0 aromatic carbocycles. The number of aryl methyl sites for hydroxylation is 1. The molecule has 10 atom stereocenters. The van der Waals surface area contributed by atoms with Crippen molar-refractivity contribution >= 4 is 53.7 Å². The molecule has 2 aliphatic heterocycles. The van der Waals surface area contributed by atoms with Crippen molar-refractivity contribution in [2.45, 2.75) is 130 Å². The van der Waals surface area contributed by atoms with E-state index in [9.17, 15) is 43.2 Å². The summed E-state index contributed by atoms with van der Waals surface area (Å²) >= 11 is 0. The summed E-state index contributed by atoms with van der Waals surface area (Å²) < 4.78 is 55.5. The fraction of sp³-hybridized carbons (Fsp3) is 0.667. The number of amides is 1. The van der Waals surface area contributed by atoms with Crippen molar-refractivity contribution in [3.05, 3.63) is 11.9 Å². The molecule has 56 heavy (non-hydrogen) atoms. The van der Waals surface area contributed by atoms with E-state index in [0.717, 1.165) is 60.1 Å². The van der Waals surface area contributed by atoms with E-state index in [4.69, 9.17) is 47.4 Å². The fourth-order valence-electron chi connectivity index (χ4n) is 5.79. The van der Waals surface area contributed by atoms with Gasteiger partial charge in [-0.05, 0) is 0 Å². The normalized spacial score (nSPS) is 27.0. The molecule has 1 aromatic heterocycles. The number of hydrogen-bond acceptors (Lipinski definition) is 21. The van der Waals surface area contributed by atoms with E-state index < -0.39 is 128 Å². The molecule has 0 saturated carbocycles. The molecule has 1 amide bonds. The molecule has 1 N–H and O–H groups in total. The molecule has 3 heterocycles. The molecule has 0 radical (unpaired) electrons. The first kappa shape index (κ1) is 44.7. The molecule has 0 bridgehead atoms. The number of nitrogens with one attached hydrogen (secondary N) is 1. The molecule has 2 aliphatic rings. The van der Waals surface area contributed by atoms with Crippen LogP contribution in [0.25, 0.3) is 0 Å². The van der Waals surface area contributed by atoms with Crippen LogP contribution in [-0.2, 0) is 96.9 Å². The number of aromatic nitrogens is 3. The zero-order chi connectivity index (χ0) is 41.9. The minimum absolute atomic E-state index is 0.109. The molecule has 1 aromatic rings. The van der Waals surface area contributed by atoms with E-state index in [-0.39, 0.29) is 18.5 Å². The molecule has 23 nitrogen and oxygen atoms in total. The van der Waals surface area contributed by atoms with Crippen molar-refractivity contribution in [2.24, 2.45) is 0 Å². The lowest BCUT2D eigenvalue weighted by molar-refractivity contribution is -0.270. The zero-order valence-electron chi connectivity index (χ0n) is 31.8. The van der Waals surface area contributed by atoms with Crippen LogP contribution in [0.3, 0.4) is 0 Å². The Kier molecular flexibility index (Phi) is 16.2. The van der Waals surface area contributed by atoms with Gasteiger partial charge in [-0.15, -0.1) is 5.10 Å². The van der Waals surface area contributed by atoms with Crippen LogP contribution < -0.4 is 5.32 Å². The van der Waals surface area contributed by atoms with Gasteiger partial charge in [-0.1, -0.05) is 5.21 Å². The Morgan fingerprint density at radius 2 is 0.982 bits per heavy atom. The average Bonchev–Trinajstić information content (AvgIpc) is 3.54. The van der Waals surface area contributed by atoms with Gasteiger partial charge in [0.05, 0.1) is 11.9 Å². The lowest BCUT2D eigenvalue weighted by Gasteiger charge is -2.44. The van der Waals surface area contributed by atoms with Gasteiger partial charge in [0.25, 0.3) is 0 Å². The Morgan fingerprint density at radius 3 is 1.45 bits per heavy atom. The van der Waals surface area contributed by atoms with E-state index >= 15 is 0 Å². The van der Waals surface area contributed by atoms with E-state index in [1.807, 2.05) is 0 Å². The SMILES string of the molecule is CC(=O)OC[C@H]1O[C@@H](NC(=O)CCc2cn([C@@H]3O[C@H](COC(C)=O)[C@@H](OC(C)=O)[C@H](OC(C)=O)[C@H]3OC(C)=O)nn2)[C@H](OC(C)=O)[C@@H](OC(C)=O)[C@@H]1OC(C)=O. The number of rotatable bonds is 15. The smallest absolute Gasteiger partial charge is 0.303 e. The molecule has 2 fully saturated rings. The van der Waals surface area contributed by atoms with Crippen LogP contribution >= 0.6 is 0 Å². The van der Waals surface area contributed by atoms with Crippen molar-refractivity contribution in [3.8, 4) is 0 Å². The highest BCUT2D eigenvalue weighted by atomic mass is 16.7. The van der Waals surface area contributed by atoms with Gasteiger partial charge in [-0.3, -0.25) is 43.2 Å². The second-order valence-corrected chi connectivity index (χ2v) is 12.5. The first-order chi connectivity index (χ1) is 26.2. The van der Waals surface area contributed by atoms with Gasteiger partial charge in [0, 0.05) is 68.2 Å². The number of ether oxygens (including phenoxy) is 10. The van der Waals surface area contributed by atoms with E-state index in [1.165, 1.54) is 6.20 Å². The molecule has 3 rings (SSSR count). The highest BCUT2D eigenvalue weighted by molar-refractivity contribution is 5.76. The highest BCUT2D eigenvalue weighted by Crippen LogP contribution is 2.35. The summed E-state index contributed by atoms with van der Waals surface area (Å²) in [5, 5.41) is 10.6. The average molecular weight is 801 g/mol. The Balaban J connectivity index is 1.88. The van der Waals surface area contributed by atoms with Gasteiger partial charge >= 0.3 is 47.8 Å². The number of carbonyl (C=O) groups is 9. The van der Waals surface area contributed by atoms with E-state index in [1.54, 1.807) is 0 Å². The molecule has 2 saturated heterocycles. The molecule has 0 aliphatic carbocycles. The molecule has 0 spiro atoms.